The standard InChI is InChI=1S/C34H62O4/c35-32(36)28-22-14-12-10-8-6-4-2-1-3-5-7-9-11-13-15-23-29-33(37)38-34(30-24-18-16-19-25-30)31-26-20-17-21-27-31/h30-31,34H,1-29H2,(H,35,36). The predicted molar refractivity (Wildman–Crippen MR) is 158 cm³/mol. The van der Waals surface area contributed by atoms with Crippen LogP contribution in [0, 0.1) is 11.8 Å². The second-order valence-electron chi connectivity index (χ2n) is 12.7. The van der Waals surface area contributed by atoms with Gasteiger partial charge in [-0.1, -0.05) is 135 Å². The van der Waals surface area contributed by atoms with Crippen LogP contribution in [-0.2, 0) is 14.3 Å². The van der Waals surface area contributed by atoms with Gasteiger partial charge in [0.1, 0.15) is 6.10 Å². The van der Waals surface area contributed by atoms with Crippen molar-refractivity contribution in [2.24, 2.45) is 11.8 Å². The largest absolute Gasteiger partial charge is 0.481 e. The van der Waals surface area contributed by atoms with Gasteiger partial charge >= 0.3 is 11.9 Å². The van der Waals surface area contributed by atoms with Crippen LogP contribution >= 0.6 is 0 Å². The molecule has 2 aliphatic rings. The molecule has 0 bridgehead atoms. The lowest BCUT2D eigenvalue weighted by molar-refractivity contribution is -0.157. The molecule has 0 aromatic rings. The van der Waals surface area contributed by atoms with Crippen LogP contribution in [0.5, 0.6) is 0 Å². The summed E-state index contributed by atoms with van der Waals surface area (Å²) in [5.41, 5.74) is 0. The van der Waals surface area contributed by atoms with E-state index in [0.717, 1.165) is 19.3 Å². The Morgan fingerprint density at radius 1 is 0.500 bits per heavy atom. The molecule has 1 N–H and O–H groups in total. The van der Waals surface area contributed by atoms with Crippen molar-refractivity contribution in [3.8, 4) is 0 Å². The molecule has 0 radical (unpaired) electrons. The van der Waals surface area contributed by atoms with Crippen LogP contribution in [0.15, 0.2) is 0 Å². The van der Waals surface area contributed by atoms with Gasteiger partial charge in [0.2, 0.25) is 0 Å². The number of esters is 1. The second kappa shape index (κ2) is 22.7. The Morgan fingerprint density at radius 2 is 0.816 bits per heavy atom. The third-order valence-corrected chi connectivity index (χ3v) is 9.27. The van der Waals surface area contributed by atoms with Crippen LogP contribution in [-0.4, -0.2) is 23.1 Å². The molecular weight excluding hydrogens is 472 g/mol. The van der Waals surface area contributed by atoms with Crippen LogP contribution < -0.4 is 0 Å². The number of hydrogen-bond donors (Lipinski definition) is 1. The minimum Gasteiger partial charge on any atom is -0.481 e. The van der Waals surface area contributed by atoms with Crippen LogP contribution in [0.25, 0.3) is 0 Å². The number of carbonyl (C=O) groups excluding carboxylic acids is 1. The first-order valence-electron chi connectivity index (χ1n) is 17.1. The Labute approximate surface area is 235 Å². The van der Waals surface area contributed by atoms with Gasteiger partial charge in [0.25, 0.3) is 0 Å². The van der Waals surface area contributed by atoms with Gasteiger partial charge in [-0.05, 0) is 50.4 Å². The lowest BCUT2D eigenvalue weighted by Crippen LogP contribution is -2.36. The monoisotopic (exact) mass is 534 g/mol. The molecule has 2 rings (SSSR count). The molecule has 0 aromatic heterocycles. The summed E-state index contributed by atoms with van der Waals surface area (Å²) in [5, 5.41) is 8.64. The summed E-state index contributed by atoms with van der Waals surface area (Å²) in [6, 6.07) is 0. The van der Waals surface area contributed by atoms with Crippen molar-refractivity contribution in [1.82, 2.24) is 0 Å². The van der Waals surface area contributed by atoms with Gasteiger partial charge in [0, 0.05) is 12.8 Å². The van der Waals surface area contributed by atoms with E-state index in [4.69, 9.17) is 9.84 Å². The van der Waals surface area contributed by atoms with E-state index in [9.17, 15) is 9.59 Å². The van der Waals surface area contributed by atoms with Crippen LogP contribution in [0.1, 0.15) is 186 Å². The highest BCUT2D eigenvalue weighted by Crippen LogP contribution is 2.37. The first-order chi connectivity index (χ1) is 18.7. The number of hydrogen-bond acceptors (Lipinski definition) is 3. The van der Waals surface area contributed by atoms with Crippen LogP contribution in [0.4, 0.5) is 0 Å². The average molecular weight is 535 g/mol. The first-order valence-corrected chi connectivity index (χ1v) is 17.1. The van der Waals surface area contributed by atoms with Crippen LogP contribution in [0.3, 0.4) is 0 Å². The predicted octanol–water partition coefficient (Wildman–Crippen LogP) is 10.6. The molecular formula is C34H62O4. The SMILES string of the molecule is O=C(O)CCCCCCCCCCCCCCCCCCCC(=O)OC(C1CCCCC1)C1CCCCC1. The first kappa shape index (κ1) is 33.1. The third-order valence-electron chi connectivity index (χ3n) is 9.27. The molecule has 0 atom stereocenters. The molecule has 0 saturated heterocycles. The fourth-order valence-corrected chi connectivity index (χ4v) is 6.91. The summed E-state index contributed by atoms with van der Waals surface area (Å²) in [6.07, 6.45) is 35.6. The smallest absolute Gasteiger partial charge is 0.306 e. The van der Waals surface area contributed by atoms with E-state index >= 15 is 0 Å². The number of carboxylic acid groups (broad SMARTS) is 1. The Hall–Kier alpha value is -1.06. The van der Waals surface area contributed by atoms with E-state index < -0.39 is 5.97 Å². The molecule has 222 valence electrons. The Morgan fingerprint density at radius 3 is 1.16 bits per heavy atom. The van der Waals surface area contributed by atoms with Gasteiger partial charge in [0.15, 0.2) is 0 Å². The molecule has 0 heterocycles. The zero-order valence-corrected chi connectivity index (χ0v) is 24.9. The molecule has 2 saturated carbocycles. The molecule has 38 heavy (non-hydrogen) atoms. The zero-order valence-electron chi connectivity index (χ0n) is 24.9. The summed E-state index contributed by atoms with van der Waals surface area (Å²) in [6.45, 7) is 0. The average Bonchev–Trinajstić information content (AvgIpc) is 2.93. The van der Waals surface area contributed by atoms with Gasteiger partial charge < -0.3 is 9.84 Å². The normalized spacial score (nSPS) is 17.2. The summed E-state index contributed by atoms with van der Waals surface area (Å²) in [5.74, 6) is 0.681. The minimum absolute atomic E-state index is 0.0851. The Kier molecular flexibility index (Phi) is 19.8. The van der Waals surface area contributed by atoms with Gasteiger partial charge in [-0.25, -0.2) is 0 Å². The second-order valence-corrected chi connectivity index (χ2v) is 12.7. The van der Waals surface area contributed by atoms with Crippen molar-refractivity contribution >= 4 is 11.9 Å². The van der Waals surface area contributed by atoms with Crippen LogP contribution in [0.2, 0.25) is 0 Å². The molecule has 0 unspecified atom stereocenters. The number of carboxylic acids is 1. The van der Waals surface area contributed by atoms with E-state index in [0.29, 0.717) is 24.7 Å². The van der Waals surface area contributed by atoms with Crippen molar-refractivity contribution in [3.63, 3.8) is 0 Å². The lowest BCUT2D eigenvalue weighted by Gasteiger charge is -2.37. The van der Waals surface area contributed by atoms with Gasteiger partial charge in [-0.3, -0.25) is 9.59 Å². The maximum absolute atomic E-state index is 12.7. The molecule has 0 aromatic carbocycles. The highest BCUT2D eigenvalue weighted by atomic mass is 16.5. The lowest BCUT2D eigenvalue weighted by atomic mass is 9.75. The van der Waals surface area contributed by atoms with Crippen molar-refractivity contribution in [2.45, 2.75) is 192 Å². The molecule has 2 fully saturated rings. The molecule has 0 amide bonds. The topological polar surface area (TPSA) is 63.6 Å². The number of carbonyl (C=O) groups is 2. The summed E-state index contributed by atoms with van der Waals surface area (Å²) in [7, 11) is 0. The quantitative estimate of drug-likeness (QED) is 0.105. The van der Waals surface area contributed by atoms with Gasteiger partial charge in [0.05, 0.1) is 0 Å². The summed E-state index contributed by atoms with van der Waals surface area (Å²) >= 11 is 0. The Bertz CT molecular complexity index is 559. The van der Waals surface area contributed by atoms with Gasteiger partial charge in [-0.15, -0.1) is 0 Å². The van der Waals surface area contributed by atoms with Crippen molar-refractivity contribution < 1.29 is 19.4 Å². The van der Waals surface area contributed by atoms with E-state index in [1.54, 1.807) is 0 Å². The highest BCUT2D eigenvalue weighted by Gasteiger charge is 2.34. The molecule has 0 aliphatic heterocycles. The van der Waals surface area contributed by atoms with E-state index in [1.807, 2.05) is 0 Å². The fraction of sp³-hybridized carbons (Fsp3) is 0.941. The van der Waals surface area contributed by atoms with Crippen molar-refractivity contribution in [2.75, 3.05) is 0 Å². The van der Waals surface area contributed by atoms with Gasteiger partial charge in [-0.2, -0.15) is 0 Å². The maximum Gasteiger partial charge on any atom is 0.306 e. The van der Waals surface area contributed by atoms with Crippen molar-refractivity contribution in [1.29, 1.82) is 0 Å². The number of ether oxygens (including phenoxy) is 1. The maximum atomic E-state index is 12.7. The minimum atomic E-state index is -0.661. The molecule has 4 nitrogen and oxygen atoms in total. The van der Waals surface area contributed by atoms with E-state index in [2.05, 4.69) is 0 Å². The third kappa shape index (κ3) is 16.8. The van der Waals surface area contributed by atoms with E-state index in [-0.39, 0.29) is 12.1 Å². The fourth-order valence-electron chi connectivity index (χ4n) is 6.91. The van der Waals surface area contributed by atoms with Crippen molar-refractivity contribution in [3.05, 3.63) is 0 Å². The highest BCUT2D eigenvalue weighted by molar-refractivity contribution is 5.69. The Balaban J connectivity index is 1.36. The summed E-state index contributed by atoms with van der Waals surface area (Å²) in [4.78, 5) is 23.2. The molecule has 4 heteroatoms. The number of rotatable bonds is 23. The number of aliphatic carboxylic acids is 1. The molecule has 2 aliphatic carbocycles. The molecule has 0 spiro atoms. The zero-order chi connectivity index (χ0) is 27.1. The summed E-state index contributed by atoms with van der Waals surface area (Å²) < 4.78 is 6.21. The number of unbranched alkanes of at least 4 members (excludes halogenated alkanes) is 16. The van der Waals surface area contributed by atoms with E-state index in [1.165, 1.54) is 154 Å².